The first-order valence-corrected chi connectivity index (χ1v) is 6.84. The molecule has 1 heterocycles. The molecule has 0 aliphatic carbocycles. The van der Waals surface area contributed by atoms with Crippen molar-refractivity contribution in [2.75, 3.05) is 5.32 Å². The van der Waals surface area contributed by atoms with Crippen LogP contribution in [0.3, 0.4) is 0 Å². The number of nitrogens with one attached hydrogen (secondary N) is 1. The zero-order valence-corrected chi connectivity index (χ0v) is 11.9. The molecule has 0 fully saturated rings. The van der Waals surface area contributed by atoms with Crippen LogP contribution >= 0.6 is 0 Å². The van der Waals surface area contributed by atoms with Crippen LogP contribution in [-0.4, -0.2) is 17.0 Å². The molecule has 21 heavy (non-hydrogen) atoms. The Morgan fingerprint density at radius 2 is 1.95 bits per heavy atom. The van der Waals surface area contributed by atoms with Crippen LogP contribution in [0, 0.1) is 0 Å². The second-order valence-electron chi connectivity index (χ2n) is 5.37. The molecule has 0 saturated heterocycles. The molecule has 4 nitrogen and oxygen atoms in total. The SMILES string of the molecule is CC(C)Nc1cc2cc(C(=O)[O-])ccc2c2cnccc12. The van der Waals surface area contributed by atoms with E-state index in [1.54, 1.807) is 18.3 Å². The fourth-order valence-corrected chi connectivity index (χ4v) is 2.56. The number of benzene rings is 2. The first-order chi connectivity index (χ1) is 10.1. The summed E-state index contributed by atoms with van der Waals surface area (Å²) < 4.78 is 0. The van der Waals surface area contributed by atoms with Gasteiger partial charge in [0.15, 0.2) is 0 Å². The highest BCUT2D eigenvalue weighted by atomic mass is 16.4. The third kappa shape index (κ3) is 2.40. The zero-order valence-electron chi connectivity index (χ0n) is 11.9. The van der Waals surface area contributed by atoms with Gasteiger partial charge < -0.3 is 15.2 Å². The summed E-state index contributed by atoms with van der Waals surface area (Å²) in [5.74, 6) is -1.17. The topological polar surface area (TPSA) is 65.0 Å². The Morgan fingerprint density at radius 1 is 1.14 bits per heavy atom. The van der Waals surface area contributed by atoms with E-state index in [0.717, 1.165) is 27.2 Å². The molecular weight excluding hydrogens is 264 g/mol. The maximum atomic E-state index is 11.0. The minimum Gasteiger partial charge on any atom is -0.545 e. The Labute approximate surface area is 122 Å². The number of carboxylic acids is 1. The van der Waals surface area contributed by atoms with Gasteiger partial charge in [0.1, 0.15) is 0 Å². The highest BCUT2D eigenvalue weighted by Gasteiger charge is 2.08. The number of anilines is 1. The summed E-state index contributed by atoms with van der Waals surface area (Å²) in [4.78, 5) is 15.2. The van der Waals surface area contributed by atoms with Crippen molar-refractivity contribution in [2.24, 2.45) is 0 Å². The quantitative estimate of drug-likeness (QED) is 0.748. The summed E-state index contributed by atoms with van der Waals surface area (Å²) in [6.45, 7) is 4.13. The second-order valence-corrected chi connectivity index (χ2v) is 5.37. The van der Waals surface area contributed by atoms with Gasteiger partial charge in [-0.15, -0.1) is 0 Å². The average molecular weight is 279 g/mol. The molecule has 0 atom stereocenters. The number of rotatable bonds is 3. The number of carboxylic acid groups (broad SMARTS) is 1. The van der Waals surface area contributed by atoms with Gasteiger partial charge in [-0.25, -0.2) is 0 Å². The lowest BCUT2D eigenvalue weighted by atomic mass is 9.99. The maximum absolute atomic E-state index is 11.0. The van der Waals surface area contributed by atoms with Crippen molar-refractivity contribution < 1.29 is 9.90 Å². The number of carbonyl (C=O) groups is 1. The fourth-order valence-electron chi connectivity index (χ4n) is 2.56. The lowest BCUT2D eigenvalue weighted by Gasteiger charge is -2.15. The van der Waals surface area contributed by atoms with Crippen LogP contribution in [0.25, 0.3) is 21.5 Å². The summed E-state index contributed by atoms with van der Waals surface area (Å²) in [6.07, 6.45) is 3.57. The summed E-state index contributed by atoms with van der Waals surface area (Å²) in [5, 5.41) is 18.4. The summed E-state index contributed by atoms with van der Waals surface area (Å²) >= 11 is 0. The van der Waals surface area contributed by atoms with E-state index in [9.17, 15) is 9.90 Å². The van der Waals surface area contributed by atoms with E-state index in [-0.39, 0.29) is 11.6 Å². The molecule has 106 valence electrons. The molecule has 3 rings (SSSR count). The Morgan fingerprint density at radius 3 is 2.67 bits per heavy atom. The number of carbonyl (C=O) groups excluding carboxylic acids is 1. The lowest BCUT2D eigenvalue weighted by Crippen LogP contribution is -2.22. The number of hydrogen-bond donors (Lipinski definition) is 1. The largest absolute Gasteiger partial charge is 0.545 e. The van der Waals surface area contributed by atoms with Gasteiger partial charge in [-0.1, -0.05) is 12.1 Å². The molecule has 0 aliphatic heterocycles. The number of pyridine rings is 1. The van der Waals surface area contributed by atoms with Gasteiger partial charge in [-0.2, -0.15) is 0 Å². The fraction of sp³-hybridized carbons (Fsp3) is 0.176. The Balaban J connectivity index is 2.35. The van der Waals surface area contributed by atoms with Crippen molar-refractivity contribution in [3.8, 4) is 0 Å². The van der Waals surface area contributed by atoms with Crippen LogP contribution in [0.4, 0.5) is 5.69 Å². The van der Waals surface area contributed by atoms with Gasteiger partial charge in [0.2, 0.25) is 0 Å². The molecular formula is C17H15N2O2-. The van der Waals surface area contributed by atoms with E-state index >= 15 is 0 Å². The van der Waals surface area contributed by atoms with Gasteiger partial charge >= 0.3 is 0 Å². The molecule has 0 unspecified atom stereocenters. The van der Waals surface area contributed by atoms with E-state index < -0.39 is 5.97 Å². The zero-order chi connectivity index (χ0) is 15.0. The maximum Gasteiger partial charge on any atom is 0.0715 e. The minimum atomic E-state index is -1.17. The van der Waals surface area contributed by atoms with Crippen LogP contribution in [0.15, 0.2) is 42.7 Å². The molecule has 0 spiro atoms. The van der Waals surface area contributed by atoms with Gasteiger partial charge in [0.05, 0.1) is 5.97 Å². The number of aromatic nitrogens is 1. The van der Waals surface area contributed by atoms with E-state index in [0.29, 0.717) is 0 Å². The monoisotopic (exact) mass is 279 g/mol. The van der Waals surface area contributed by atoms with E-state index in [1.165, 1.54) is 0 Å². The third-order valence-electron chi connectivity index (χ3n) is 3.43. The molecule has 0 saturated carbocycles. The number of aromatic carboxylic acids is 1. The summed E-state index contributed by atoms with van der Waals surface area (Å²) in [7, 11) is 0. The summed E-state index contributed by atoms with van der Waals surface area (Å²) in [5.41, 5.74) is 1.16. The van der Waals surface area contributed by atoms with Crippen LogP contribution < -0.4 is 10.4 Å². The van der Waals surface area contributed by atoms with Gasteiger partial charge in [-0.05, 0) is 48.4 Å². The minimum absolute atomic E-state index is 0.182. The molecule has 0 bridgehead atoms. The molecule has 0 radical (unpaired) electrons. The normalized spacial score (nSPS) is 11.2. The van der Waals surface area contributed by atoms with Crippen molar-refractivity contribution in [1.29, 1.82) is 0 Å². The van der Waals surface area contributed by atoms with Crippen LogP contribution in [0.5, 0.6) is 0 Å². The Kier molecular flexibility index (Phi) is 3.22. The molecule has 2 aromatic carbocycles. The van der Waals surface area contributed by atoms with Gasteiger partial charge in [0.25, 0.3) is 0 Å². The standard InChI is InChI=1S/C17H16N2O2/c1-10(2)19-16-8-12-7-11(17(20)21)3-4-13(12)15-9-18-6-5-14(15)16/h3-10,19H,1-2H3,(H,20,21)/p-1. The van der Waals surface area contributed by atoms with E-state index in [2.05, 4.69) is 24.1 Å². The van der Waals surface area contributed by atoms with Crippen LogP contribution in [0.2, 0.25) is 0 Å². The van der Waals surface area contributed by atoms with Crippen LogP contribution in [0.1, 0.15) is 24.2 Å². The predicted molar refractivity (Wildman–Crippen MR) is 82.3 cm³/mol. The average Bonchev–Trinajstić information content (AvgIpc) is 2.46. The smallest absolute Gasteiger partial charge is 0.0715 e. The Bertz CT molecular complexity index is 841. The summed E-state index contributed by atoms with van der Waals surface area (Å²) in [6, 6.07) is 9.24. The molecule has 1 aromatic heterocycles. The van der Waals surface area contributed by atoms with Crippen molar-refractivity contribution in [3.63, 3.8) is 0 Å². The van der Waals surface area contributed by atoms with Crippen LogP contribution in [-0.2, 0) is 0 Å². The molecule has 0 aliphatic rings. The highest BCUT2D eigenvalue weighted by Crippen LogP contribution is 2.32. The molecule has 0 amide bonds. The van der Waals surface area contributed by atoms with Crippen molar-refractivity contribution >= 4 is 33.2 Å². The third-order valence-corrected chi connectivity index (χ3v) is 3.43. The number of fused-ring (bicyclic) bond motifs is 3. The first kappa shape index (κ1) is 13.4. The molecule has 1 N–H and O–H groups in total. The number of nitrogens with zero attached hydrogens (tertiary/aromatic N) is 1. The highest BCUT2D eigenvalue weighted by molar-refractivity contribution is 6.13. The van der Waals surface area contributed by atoms with Gasteiger partial charge in [0, 0.05) is 34.9 Å². The lowest BCUT2D eigenvalue weighted by molar-refractivity contribution is -0.255. The van der Waals surface area contributed by atoms with E-state index in [4.69, 9.17) is 0 Å². The van der Waals surface area contributed by atoms with Gasteiger partial charge in [-0.3, -0.25) is 4.98 Å². The van der Waals surface area contributed by atoms with Crippen molar-refractivity contribution in [3.05, 3.63) is 48.3 Å². The second kappa shape index (κ2) is 5.05. The molecule has 4 heteroatoms. The number of hydrogen-bond acceptors (Lipinski definition) is 4. The van der Waals surface area contributed by atoms with E-state index in [1.807, 2.05) is 24.4 Å². The predicted octanol–water partition coefficient (Wildman–Crippen LogP) is 2.57. The first-order valence-electron chi connectivity index (χ1n) is 6.84. The van der Waals surface area contributed by atoms with Crippen molar-refractivity contribution in [2.45, 2.75) is 19.9 Å². The Hall–Kier alpha value is -2.62. The molecule has 3 aromatic rings. The van der Waals surface area contributed by atoms with Crippen molar-refractivity contribution in [1.82, 2.24) is 4.98 Å².